The predicted octanol–water partition coefficient (Wildman–Crippen LogP) is 13.6. The lowest BCUT2D eigenvalue weighted by molar-refractivity contribution is 0.669. The minimum absolute atomic E-state index is 0.466. The average molecular weight is 667 g/mol. The van der Waals surface area contributed by atoms with E-state index in [1.807, 2.05) is 0 Å². The van der Waals surface area contributed by atoms with Crippen LogP contribution < -0.4 is 0 Å². The zero-order chi connectivity index (χ0) is 34.3. The molecule has 1 atom stereocenters. The second-order valence-corrected chi connectivity index (χ2v) is 14.2. The van der Waals surface area contributed by atoms with Gasteiger partial charge < -0.3 is 13.6 Å². The highest BCUT2D eigenvalue weighted by Gasteiger charge is 2.23. The first-order valence-corrected chi connectivity index (χ1v) is 18.2. The molecule has 0 aliphatic heterocycles. The van der Waals surface area contributed by atoms with Gasteiger partial charge in [0.25, 0.3) is 0 Å². The van der Waals surface area contributed by atoms with Crippen molar-refractivity contribution in [2.24, 2.45) is 5.92 Å². The zero-order valence-electron chi connectivity index (χ0n) is 28.8. The largest absolute Gasteiger partial charge is 0.456 e. The van der Waals surface area contributed by atoms with Gasteiger partial charge in [-0.05, 0) is 95.3 Å². The molecule has 0 saturated heterocycles. The highest BCUT2D eigenvalue weighted by Crippen LogP contribution is 2.45. The van der Waals surface area contributed by atoms with Gasteiger partial charge in [-0.2, -0.15) is 0 Å². The molecule has 0 radical (unpaired) electrons. The van der Waals surface area contributed by atoms with Crippen LogP contribution in [0.5, 0.6) is 0 Å². The number of allylic oxidation sites excluding steroid dienone is 4. The van der Waals surface area contributed by atoms with E-state index in [-0.39, 0.29) is 0 Å². The van der Waals surface area contributed by atoms with Crippen LogP contribution in [0.2, 0.25) is 0 Å². The molecule has 7 aromatic carbocycles. The Morgan fingerprint density at radius 2 is 1.19 bits per heavy atom. The van der Waals surface area contributed by atoms with Gasteiger partial charge in [0.15, 0.2) is 0 Å². The van der Waals surface area contributed by atoms with Crippen LogP contribution in [0.4, 0.5) is 0 Å². The number of furan rings is 1. The summed E-state index contributed by atoms with van der Waals surface area (Å²) in [5.41, 5.74) is 13.9. The van der Waals surface area contributed by atoms with Crippen LogP contribution in [0, 0.1) is 5.92 Å². The fourth-order valence-corrected chi connectivity index (χ4v) is 8.62. The summed E-state index contributed by atoms with van der Waals surface area (Å²) >= 11 is 0. The van der Waals surface area contributed by atoms with Gasteiger partial charge >= 0.3 is 0 Å². The minimum atomic E-state index is 0.466. The molecule has 11 rings (SSSR count). The third-order valence-electron chi connectivity index (χ3n) is 11.0. The van der Waals surface area contributed by atoms with E-state index in [0.29, 0.717) is 5.92 Å². The van der Waals surface area contributed by atoms with Crippen molar-refractivity contribution in [2.45, 2.75) is 13.3 Å². The van der Waals surface area contributed by atoms with E-state index in [4.69, 9.17) is 4.42 Å². The van der Waals surface area contributed by atoms with Crippen molar-refractivity contribution < 1.29 is 4.42 Å². The number of hydrogen-bond donors (Lipinski definition) is 0. The molecule has 1 unspecified atom stereocenters. The van der Waals surface area contributed by atoms with Gasteiger partial charge in [0.05, 0.1) is 22.1 Å². The van der Waals surface area contributed by atoms with E-state index < -0.39 is 0 Å². The number of hydrogen-bond acceptors (Lipinski definition) is 1. The normalized spacial score (nSPS) is 14.8. The molecule has 0 fully saturated rings. The summed E-state index contributed by atoms with van der Waals surface area (Å²) in [5, 5.41) is 7.30. The molecule has 0 N–H and O–H groups in total. The van der Waals surface area contributed by atoms with Crippen LogP contribution in [-0.2, 0) is 0 Å². The third-order valence-corrected chi connectivity index (χ3v) is 11.0. The number of benzene rings is 7. The predicted molar refractivity (Wildman–Crippen MR) is 219 cm³/mol. The van der Waals surface area contributed by atoms with Crippen LogP contribution >= 0.6 is 0 Å². The van der Waals surface area contributed by atoms with E-state index in [1.54, 1.807) is 0 Å². The summed E-state index contributed by atoms with van der Waals surface area (Å²) < 4.78 is 11.3. The van der Waals surface area contributed by atoms with Gasteiger partial charge in [-0.3, -0.25) is 0 Å². The zero-order valence-corrected chi connectivity index (χ0v) is 28.8. The van der Waals surface area contributed by atoms with Crippen molar-refractivity contribution >= 4 is 71.2 Å². The van der Waals surface area contributed by atoms with E-state index in [2.05, 4.69) is 186 Å². The maximum Gasteiger partial charge on any atom is 0.136 e. The number of nitrogens with zero attached hydrogens (tertiary/aromatic N) is 2. The van der Waals surface area contributed by atoms with E-state index in [9.17, 15) is 0 Å². The summed E-state index contributed by atoms with van der Waals surface area (Å²) in [6.45, 7) is 2.30. The van der Waals surface area contributed by atoms with Gasteiger partial charge in [-0.1, -0.05) is 116 Å². The lowest BCUT2D eigenvalue weighted by Gasteiger charge is -2.16. The van der Waals surface area contributed by atoms with Crippen LogP contribution in [0.3, 0.4) is 0 Å². The lowest BCUT2D eigenvalue weighted by atomic mass is 9.99. The molecular formula is C49H34N2O. The summed E-state index contributed by atoms with van der Waals surface area (Å²) in [5.74, 6) is 0.466. The fraction of sp³-hybridized carbons (Fsp3) is 0.0612. The maximum absolute atomic E-state index is 6.43. The molecule has 1 aliphatic rings. The van der Waals surface area contributed by atoms with Crippen molar-refractivity contribution in [1.82, 2.24) is 9.13 Å². The number of rotatable bonds is 4. The molecule has 3 nitrogen and oxygen atoms in total. The Bertz CT molecular complexity index is 3090. The highest BCUT2D eigenvalue weighted by atomic mass is 16.3. The van der Waals surface area contributed by atoms with Crippen molar-refractivity contribution in [3.63, 3.8) is 0 Å². The lowest BCUT2D eigenvalue weighted by Crippen LogP contribution is -2.02. The smallest absolute Gasteiger partial charge is 0.136 e. The molecule has 10 aromatic rings. The van der Waals surface area contributed by atoms with Gasteiger partial charge in [0, 0.05) is 43.7 Å². The van der Waals surface area contributed by atoms with Crippen molar-refractivity contribution in [2.75, 3.05) is 0 Å². The van der Waals surface area contributed by atoms with E-state index in [1.165, 1.54) is 76.9 Å². The second kappa shape index (κ2) is 11.2. The van der Waals surface area contributed by atoms with Gasteiger partial charge in [-0.25, -0.2) is 0 Å². The van der Waals surface area contributed by atoms with Crippen LogP contribution in [0.15, 0.2) is 174 Å². The Labute approximate surface area is 300 Å². The topological polar surface area (TPSA) is 23.0 Å². The van der Waals surface area contributed by atoms with Crippen LogP contribution in [0.25, 0.3) is 99.2 Å². The SMILES string of the molecule is CC1C=C(n2c3cc4c(cc3c3c5c(ccc32)oc2ccccc25)c2ccccc2n4-c2ccc(-c3cccc(-c4ccccc4)c3)cc2)C=CC1. The minimum Gasteiger partial charge on any atom is -0.456 e. The van der Waals surface area contributed by atoms with Crippen LogP contribution in [-0.4, -0.2) is 9.13 Å². The average Bonchev–Trinajstić information content (AvgIpc) is 3.84. The van der Waals surface area contributed by atoms with Crippen molar-refractivity contribution in [3.05, 3.63) is 170 Å². The molecule has 3 aromatic heterocycles. The fourth-order valence-electron chi connectivity index (χ4n) is 8.62. The Morgan fingerprint density at radius 3 is 2.02 bits per heavy atom. The monoisotopic (exact) mass is 666 g/mol. The molecule has 1 aliphatic carbocycles. The summed E-state index contributed by atoms with van der Waals surface area (Å²) in [6, 6.07) is 55.0. The Morgan fingerprint density at radius 1 is 0.481 bits per heavy atom. The van der Waals surface area contributed by atoms with E-state index >= 15 is 0 Å². The number of fused-ring (bicyclic) bond motifs is 10. The molecule has 52 heavy (non-hydrogen) atoms. The molecule has 0 spiro atoms. The van der Waals surface area contributed by atoms with E-state index in [0.717, 1.165) is 28.7 Å². The summed E-state index contributed by atoms with van der Waals surface area (Å²) in [6.07, 6.45) is 8.09. The Balaban J connectivity index is 1.17. The van der Waals surface area contributed by atoms with Gasteiger partial charge in [0.2, 0.25) is 0 Å². The summed E-state index contributed by atoms with van der Waals surface area (Å²) in [4.78, 5) is 0. The number of para-hydroxylation sites is 2. The molecular weight excluding hydrogens is 633 g/mol. The van der Waals surface area contributed by atoms with Gasteiger partial charge in [-0.15, -0.1) is 0 Å². The molecule has 0 bridgehead atoms. The maximum atomic E-state index is 6.43. The van der Waals surface area contributed by atoms with Crippen LogP contribution in [0.1, 0.15) is 13.3 Å². The summed E-state index contributed by atoms with van der Waals surface area (Å²) in [7, 11) is 0. The first-order valence-electron chi connectivity index (χ1n) is 18.2. The Kier molecular flexibility index (Phi) is 6.29. The molecule has 3 heteroatoms. The Hall–Kier alpha value is -6.58. The first-order chi connectivity index (χ1) is 25.7. The first kappa shape index (κ1) is 29.2. The molecule has 246 valence electrons. The van der Waals surface area contributed by atoms with Gasteiger partial charge in [0.1, 0.15) is 11.2 Å². The third kappa shape index (κ3) is 4.32. The molecule has 0 amide bonds. The highest BCUT2D eigenvalue weighted by molar-refractivity contribution is 6.30. The quantitative estimate of drug-likeness (QED) is 0.183. The second-order valence-electron chi connectivity index (χ2n) is 14.2. The molecule has 3 heterocycles. The van der Waals surface area contributed by atoms with Crippen molar-refractivity contribution in [1.29, 1.82) is 0 Å². The number of aromatic nitrogens is 2. The van der Waals surface area contributed by atoms with Crippen molar-refractivity contribution in [3.8, 4) is 27.9 Å². The standard InChI is InChI=1S/C49H34N2O/c1-31-11-9-16-37(27-31)51-43-25-26-47-49(39-18-6-8-20-46(39)52-47)48(43)41-29-40-38-17-5-7-19-42(38)50(44(40)30-45(41)51)36-23-21-33(22-24-36)35-15-10-14-34(28-35)32-12-3-2-4-13-32/h2-10,12-31H,11H2,1H3. The molecule has 0 saturated carbocycles.